The number of aromatic hydroxyl groups is 1. The Balaban J connectivity index is 2.46. The Morgan fingerprint density at radius 1 is 1.38 bits per heavy atom. The van der Waals surface area contributed by atoms with Gasteiger partial charge in [0.1, 0.15) is 11.5 Å². The fourth-order valence-electron chi connectivity index (χ4n) is 1.52. The molecule has 0 bridgehead atoms. The number of hydrazone groups is 1. The number of ether oxygens (including phenoxy) is 1. The van der Waals surface area contributed by atoms with Crippen LogP contribution in [0.15, 0.2) is 23.3 Å². The van der Waals surface area contributed by atoms with Crippen molar-refractivity contribution >= 4 is 23.5 Å². The van der Waals surface area contributed by atoms with E-state index >= 15 is 0 Å². The topological polar surface area (TPSA) is 65.9 Å². The molecule has 0 amide bonds. The number of unbranched alkanes of at least 4 members (excludes halogenated alkanes) is 1. The van der Waals surface area contributed by atoms with Crippen LogP contribution in [0, 0.1) is 0 Å². The Bertz CT molecular complexity index is 478. The van der Waals surface area contributed by atoms with Gasteiger partial charge in [0.2, 0.25) is 0 Å². The van der Waals surface area contributed by atoms with Gasteiger partial charge in [-0.3, -0.25) is 5.43 Å². The first-order valence-corrected chi connectivity index (χ1v) is 7.61. The summed E-state index contributed by atoms with van der Waals surface area (Å²) in [5, 5.41) is 17.4. The molecule has 116 valence electrons. The fourth-order valence-corrected chi connectivity index (χ4v) is 1.68. The highest BCUT2D eigenvalue weighted by molar-refractivity contribution is 7.80. The first-order valence-electron chi connectivity index (χ1n) is 7.20. The smallest absolute Gasteiger partial charge is 0.186 e. The lowest BCUT2D eigenvalue weighted by Crippen LogP contribution is -2.32. The Labute approximate surface area is 131 Å². The van der Waals surface area contributed by atoms with Gasteiger partial charge in [-0.1, -0.05) is 20.3 Å². The first kappa shape index (κ1) is 17.2. The van der Waals surface area contributed by atoms with E-state index in [2.05, 4.69) is 22.8 Å². The Kier molecular flexibility index (Phi) is 8.19. The molecule has 0 aliphatic heterocycles. The number of hydrogen-bond donors (Lipinski definition) is 3. The highest BCUT2D eigenvalue weighted by Crippen LogP contribution is 2.22. The van der Waals surface area contributed by atoms with Crippen molar-refractivity contribution in [2.45, 2.75) is 33.1 Å². The third kappa shape index (κ3) is 6.94. The van der Waals surface area contributed by atoms with Crippen LogP contribution in [0.25, 0.3) is 0 Å². The minimum atomic E-state index is 0.124. The Morgan fingerprint density at radius 2 is 2.19 bits per heavy atom. The zero-order valence-corrected chi connectivity index (χ0v) is 13.4. The number of rotatable bonds is 8. The maximum absolute atomic E-state index is 9.88. The summed E-state index contributed by atoms with van der Waals surface area (Å²) >= 11 is 5.07. The number of benzene rings is 1. The molecule has 21 heavy (non-hydrogen) atoms. The fraction of sp³-hybridized carbons (Fsp3) is 0.467. The predicted molar refractivity (Wildman–Crippen MR) is 90.1 cm³/mol. The Morgan fingerprint density at radius 3 is 2.86 bits per heavy atom. The SMILES string of the molecule is CCCCNC(=S)NN=Cc1ccc(OCCC)cc1O. The number of nitrogens with one attached hydrogen (secondary N) is 2. The van der Waals surface area contributed by atoms with Crippen molar-refractivity contribution in [2.75, 3.05) is 13.2 Å². The van der Waals surface area contributed by atoms with Gasteiger partial charge in [0.05, 0.1) is 12.8 Å². The molecule has 0 saturated heterocycles. The predicted octanol–water partition coefficient (Wildman–Crippen LogP) is 2.78. The average Bonchev–Trinajstić information content (AvgIpc) is 2.47. The summed E-state index contributed by atoms with van der Waals surface area (Å²) in [5.41, 5.74) is 3.31. The lowest BCUT2D eigenvalue weighted by atomic mass is 10.2. The second kappa shape index (κ2) is 9.99. The van der Waals surface area contributed by atoms with Crippen molar-refractivity contribution in [2.24, 2.45) is 5.10 Å². The molecule has 0 saturated carbocycles. The summed E-state index contributed by atoms with van der Waals surface area (Å²) < 4.78 is 5.44. The van der Waals surface area contributed by atoms with Crippen LogP contribution in [-0.4, -0.2) is 29.6 Å². The lowest BCUT2D eigenvalue weighted by Gasteiger charge is -2.07. The Hall–Kier alpha value is -1.82. The second-order valence-electron chi connectivity index (χ2n) is 4.55. The highest BCUT2D eigenvalue weighted by atomic mass is 32.1. The van der Waals surface area contributed by atoms with Gasteiger partial charge >= 0.3 is 0 Å². The molecule has 0 spiro atoms. The monoisotopic (exact) mass is 309 g/mol. The van der Waals surface area contributed by atoms with Gasteiger partial charge in [0.15, 0.2) is 5.11 Å². The van der Waals surface area contributed by atoms with E-state index in [-0.39, 0.29) is 5.75 Å². The van der Waals surface area contributed by atoms with Crippen LogP contribution in [0.1, 0.15) is 38.7 Å². The number of phenols is 1. The van der Waals surface area contributed by atoms with Crippen molar-refractivity contribution in [3.8, 4) is 11.5 Å². The maximum atomic E-state index is 9.88. The molecular formula is C15H23N3O2S. The van der Waals surface area contributed by atoms with Gasteiger partial charge in [0.25, 0.3) is 0 Å². The van der Waals surface area contributed by atoms with Gasteiger partial charge in [-0.15, -0.1) is 0 Å². The molecule has 1 aromatic carbocycles. The van der Waals surface area contributed by atoms with E-state index in [1.165, 1.54) is 6.21 Å². The molecule has 5 nitrogen and oxygen atoms in total. The quantitative estimate of drug-likeness (QED) is 0.298. The molecular weight excluding hydrogens is 286 g/mol. The summed E-state index contributed by atoms with van der Waals surface area (Å²) in [6.45, 7) is 5.61. The summed E-state index contributed by atoms with van der Waals surface area (Å²) in [7, 11) is 0. The third-order valence-corrected chi connectivity index (χ3v) is 2.90. The molecule has 0 atom stereocenters. The van der Waals surface area contributed by atoms with Crippen molar-refractivity contribution in [1.82, 2.24) is 10.7 Å². The van der Waals surface area contributed by atoms with E-state index in [1.54, 1.807) is 18.2 Å². The zero-order valence-electron chi connectivity index (χ0n) is 12.6. The number of nitrogens with zero attached hydrogens (tertiary/aromatic N) is 1. The van der Waals surface area contributed by atoms with E-state index in [0.717, 1.165) is 25.8 Å². The molecule has 1 rings (SSSR count). The molecule has 1 aromatic rings. The molecule has 0 heterocycles. The van der Waals surface area contributed by atoms with Gasteiger partial charge in [-0.05, 0) is 37.2 Å². The summed E-state index contributed by atoms with van der Waals surface area (Å²) in [5.74, 6) is 0.773. The number of thiocarbonyl (C=S) groups is 1. The second-order valence-corrected chi connectivity index (χ2v) is 4.96. The van der Waals surface area contributed by atoms with E-state index in [0.29, 0.717) is 23.0 Å². The van der Waals surface area contributed by atoms with Crippen LogP contribution >= 0.6 is 12.2 Å². The first-order chi connectivity index (χ1) is 10.2. The molecule has 0 aromatic heterocycles. The van der Waals surface area contributed by atoms with Crippen LogP contribution in [0.4, 0.5) is 0 Å². The maximum Gasteiger partial charge on any atom is 0.186 e. The van der Waals surface area contributed by atoms with Crippen LogP contribution in [0.5, 0.6) is 11.5 Å². The van der Waals surface area contributed by atoms with Gasteiger partial charge in [-0.25, -0.2) is 0 Å². The normalized spacial score (nSPS) is 10.6. The summed E-state index contributed by atoms with van der Waals surface area (Å²) in [6.07, 6.45) is 4.62. The van der Waals surface area contributed by atoms with Gasteiger partial charge < -0.3 is 15.2 Å². The summed E-state index contributed by atoms with van der Waals surface area (Å²) in [4.78, 5) is 0. The van der Waals surface area contributed by atoms with E-state index in [1.807, 2.05) is 6.92 Å². The minimum Gasteiger partial charge on any atom is -0.507 e. The largest absolute Gasteiger partial charge is 0.507 e. The molecule has 0 radical (unpaired) electrons. The molecule has 0 aliphatic rings. The van der Waals surface area contributed by atoms with E-state index in [9.17, 15) is 5.11 Å². The molecule has 6 heteroatoms. The van der Waals surface area contributed by atoms with Crippen LogP contribution in [0.3, 0.4) is 0 Å². The van der Waals surface area contributed by atoms with E-state index < -0.39 is 0 Å². The third-order valence-electron chi connectivity index (χ3n) is 2.66. The highest BCUT2D eigenvalue weighted by Gasteiger charge is 2.01. The van der Waals surface area contributed by atoms with Crippen LogP contribution in [-0.2, 0) is 0 Å². The van der Waals surface area contributed by atoms with Crippen LogP contribution in [0.2, 0.25) is 0 Å². The lowest BCUT2D eigenvalue weighted by molar-refractivity contribution is 0.315. The number of phenolic OH excluding ortho intramolecular Hbond substituents is 1. The minimum absolute atomic E-state index is 0.124. The molecule has 3 N–H and O–H groups in total. The van der Waals surface area contributed by atoms with Crippen LogP contribution < -0.4 is 15.5 Å². The van der Waals surface area contributed by atoms with Crippen molar-refractivity contribution in [1.29, 1.82) is 0 Å². The molecule has 0 unspecified atom stereocenters. The number of hydrogen-bond acceptors (Lipinski definition) is 4. The van der Waals surface area contributed by atoms with E-state index in [4.69, 9.17) is 17.0 Å². The standard InChI is InChI=1S/C15H23N3O2S/c1-3-5-8-16-15(21)18-17-11-12-6-7-13(10-14(12)19)20-9-4-2/h6-7,10-11,19H,3-5,8-9H2,1-2H3,(H2,16,18,21). The average molecular weight is 309 g/mol. The zero-order chi connectivity index (χ0) is 15.5. The van der Waals surface area contributed by atoms with Gasteiger partial charge in [0, 0.05) is 18.2 Å². The molecule has 0 aliphatic carbocycles. The van der Waals surface area contributed by atoms with Gasteiger partial charge in [-0.2, -0.15) is 5.10 Å². The van der Waals surface area contributed by atoms with Crippen molar-refractivity contribution in [3.05, 3.63) is 23.8 Å². The summed E-state index contributed by atoms with van der Waals surface area (Å²) in [6, 6.07) is 5.13. The van der Waals surface area contributed by atoms with Crippen molar-refractivity contribution in [3.63, 3.8) is 0 Å². The van der Waals surface area contributed by atoms with Crippen molar-refractivity contribution < 1.29 is 9.84 Å². The molecule has 0 fully saturated rings.